The van der Waals surface area contributed by atoms with Gasteiger partial charge in [-0.3, -0.25) is 4.99 Å². The SMILES string of the molecule is CCNC(=NCC1CCN(CCOC)CC1)NCCC(F)(F)F.I. The van der Waals surface area contributed by atoms with Crippen molar-refractivity contribution in [3.8, 4) is 0 Å². The molecule has 0 unspecified atom stereocenters. The van der Waals surface area contributed by atoms with Crippen LogP contribution in [0, 0.1) is 5.92 Å². The molecule has 0 atom stereocenters. The lowest BCUT2D eigenvalue weighted by atomic mass is 9.97. The van der Waals surface area contributed by atoms with Crippen LogP contribution < -0.4 is 10.6 Å². The molecule has 0 aromatic carbocycles. The number of halogens is 4. The summed E-state index contributed by atoms with van der Waals surface area (Å²) < 4.78 is 41.6. The topological polar surface area (TPSA) is 48.9 Å². The number of likely N-dealkylation sites (tertiary alicyclic amines) is 1. The number of rotatable bonds is 8. The maximum Gasteiger partial charge on any atom is 0.390 e. The molecule has 0 radical (unpaired) electrons. The molecule has 0 saturated carbocycles. The zero-order valence-corrected chi connectivity index (χ0v) is 16.8. The van der Waals surface area contributed by atoms with Crippen molar-refractivity contribution in [1.82, 2.24) is 15.5 Å². The zero-order valence-electron chi connectivity index (χ0n) is 14.5. The minimum Gasteiger partial charge on any atom is -0.383 e. The third kappa shape index (κ3) is 11.3. The van der Waals surface area contributed by atoms with E-state index in [1.807, 2.05) is 6.92 Å². The Labute approximate surface area is 159 Å². The van der Waals surface area contributed by atoms with Gasteiger partial charge in [0.1, 0.15) is 0 Å². The van der Waals surface area contributed by atoms with Gasteiger partial charge in [-0.1, -0.05) is 0 Å². The zero-order chi connectivity index (χ0) is 17.1. The van der Waals surface area contributed by atoms with E-state index in [0.717, 1.165) is 39.1 Å². The third-order valence-corrected chi connectivity index (χ3v) is 3.87. The molecule has 1 rings (SSSR count). The van der Waals surface area contributed by atoms with Crippen LogP contribution >= 0.6 is 24.0 Å². The molecule has 0 aromatic rings. The van der Waals surface area contributed by atoms with Gasteiger partial charge in [0.15, 0.2) is 5.96 Å². The normalized spacial score (nSPS) is 17.5. The van der Waals surface area contributed by atoms with E-state index in [1.165, 1.54) is 0 Å². The maximum atomic E-state index is 12.2. The summed E-state index contributed by atoms with van der Waals surface area (Å²) in [5, 5.41) is 5.74. The van der Waals surface area contributed by atoms with Gasteiger partial charge in [0.05, 0.1) is 13.0 Å². The van der Waals surface area contributed by atoms with E-state index in [4.69, 9.17) is 4.74 Å². The molecule has 1 fully saturated rings. The van der Waals surface area contributed by atoms with Crippen molar-refractivity contribution in [2.75, 3.05) is 53.0 Å². The van der Waals surface area contributed by atoms with E-state index in [1.54, 1.807) is 7.11 Å². The molecule has 0 bridgehead atoms. The van der Waals surface area contributed by atoms with Gasteiger partial charge in [-0.2, -0.15) is 13.2 Å². The lowest BCUT2D eigenvalue weighted by molar-refractivity contribution is -0.132. The Morgan fingerprint density at radius 1 is 1.25 bits per heavy atom. The highest BCUT2D eigenvalue weighted by Crippen LogP contribution is 2.18. The third-order valence-electron chi connectivity index (χ3n) is 3.87. The van der Waals surface area contributed by atoms with Crippen LogP contribution in [0.4, 0.5) is 13.2 Å². The van der Waals surface area contributed by atoms with Crippen LogP contribution in [0.1, 0.15) is 26.2 Å². The predicted molar refractivity (Wildman–Crippen MR) is 101 cm³/mol. The fraction of sp³-hybridized carbons (Fsp3) is 0.933. The molecule has 1 aliphatic rings. The molecule has 0 aliphatic carbocycles. The minimum absolute atomic E-state index is 0. The highest BCUT2D eigenvalue weighted by Gasteiger charge is 2.26. The van der Waals surface area contributed by atoms with Crippen molar-refractivity contribution in [3.63, 3.8) is 0 Å². The second-order valence-corrected chi connectivity index (χ2v) is 5.79. The Bertz CT molecular complexity index is 348. The summed E-state index contributed by atoms with van der Waals surface area (Å²) in [5.41, 5.74) is 0. The van der Waals surface area contributed by atoms with E-state index >= 15 is 0 Å². The van der Waals surface area contributed by atoms with Crippen LogP contribution in [0.2, 0.25) is 0 Å². The molecule has 0 aromatic heterocycles. The summed E-state index contributed by atoms with van der Waals surface area (Å²) in [5.74, 6) is 0.963. The summed E-state index contributed by atoms with van der Waals surface area (Å²) in [4.78, 5) is 6.80. The van der Waals surface area contributed by atoms with E-state index in [9.17, 15) is 13.2 Å². The first-order valence-corrected chi connectivity index (χ1v) is 8.24. The molecular weight excluding hydrogens is 436 g/mol. The van der Waals surface area contributed by atoms with Crippen LogP contribution in [0.15, 0.2) is 4.99 Å². The number of alkyl halides is 3. The quantitative estimate of drug-likeness (QED) is 0.328. The molecule has 24 heavy (non-hydrogen) atoms. The molecule has 1 heterocycles. The van der Waals surface area contributed by atoms with Gasteiger partial charge in [0.2, 0.25) is 0 Å². The smallest absolute Gasteiger partial charge is 0.383 e. The summed E-state index contributed by atoms with van der Waals surface area (Å²) in [6.07, 6.45) is -2.86. The molecule has 9 heteroatoms. The first-order chi connectivity index (χ1) is 10.9. The standard InChI is InChI=1S/C15H29F3N4O.HI/c1-3-19-14(20-7-6-15(16,17)18)21-12-13-4-8-22(9-5-13)10-11-23-2;/h13H,3-12H2,1-2H3,(H2,19,20,21);1H. The number of ether oxygens (including phenoxy) is 1. The van der Waals surface area contributed by atoms with Crippen molar-refractivity contribution in [2.24, 2.45) is 10.9 Å². The minimum atomic E-state index is -4.14. The first-order valence-electron chi connectivity index (χ1n) is 8.24. The number of guanidine groups is 1. The molecule has 1 aliphatic heterocycles. The summed E-state index contributed by atoms with van der Waals surface area (Å²) >= 11 is 0. The van der Waals surface area contributed by atoms with Crippen molar-refractivity contribution in [3.05, 3.63) is 0 Å². The van der Waals surface area contributed by atoms with Gasteiger partial charge in [-0.05, 0) is 38.8 Å². The maximum absolute atomic E-state index is 12.2. The Balaban J connectivity index is 0.00000529. The fourth-order valence-corrected chi connectivity index (χ4v) is 2.50. The lowest BCUT2D eigenvalue weighted by Gasteiger charge is -2.31. The van der Waals surface area contributed by atoms with Crippen molar-refractivity contribution in [1.29, 1.82) is 0 Å². The largest absolute Gasteiger partial charge is 0.390 e. The van der Waals surface area contributed by atoms with Crippen molar-refractivity contribution < 1.29 is 17.9 Å². The monoisotopic (exact) mass is 466 g/mol. The highest BCUT2D eigenvalue weighted by molar-refractivity contribution is 14.0. The van der Waals surface area contributed by atoms with E-state index in [2.05, 4.69) is 20.5 Å². The molecule has 144 valence electrons. The Hall–Kier alpha value is -0.290. The average Bonchev–Trinajstić information content (AvgIpc) is 2.50. The number of nitrogens with one attached hydrogen (secondary N) is 2. The predicted octanol–water partition coefficient (Wildman–Crippen LogP) is 2.47. The van der Waals surface area contributed by atoms with Gasteiger partial charge >= 0.3 is 6.18 Å². The Morgan fingerprint density at radius 3 is 2.46 bits per heavy atom. The average molecular weight is 466 g/mol. The van der Waals surface area contributed by atoms with E-state index in [0.29, 0.717) is 25.0 Å². The Morgan fingerprint density at radius 2 is 1.92 bits per heavy atom. The molecule has 0 amide bonds. The highest BCUT2D eigenvalue weighted by atomic mass is 127. The Kier molecular flexibility index (Phi) is 12.8. The van der Waals surface area contributed by atoms with Crippen molar-refractivity contribution >= 4 is 29.9 Å². The number of nitrogens with zero attached hydrogens (tertiary/aromatic N) is 2. The lowest BCUT2D eigenvalue weighted by Crippen LogP contribution is -2.40. The van der Waals surface area contributed by atoms with Crippen LogP contribution in [0.25, 0.3) is 0 Å². The molecule has 1 saturated heterocycles. The molecule has 2 N–H and O–H groups in total. The fourth-order valence-electron chi connectivity index (χ4n) is 2.50. The number of hydrogen-bond donors (Lipinski definition) is 2. The van der Waals surface area contributed by atoms with Gasteiger partial charge < -0.3 is 20.3 Å². The van der Waals surface area contributed by atoms with E-state index in [-0.39, 0.29) is 30.5 Å². The summed E-state index contributed by atoms with van der Waals surface area (Å²) in [6.45, 7) is 6.79. The summed E-state index contributed by atoms with van der Waals surface area (Å²) in [7, 11) is 1.70. The van der Waals surface area contributed by atoms with Crippen LogP contribution in [-0.2, 0) is 4.74 Å². The number of aliphatic imine (C=N–C) groups is 1. The van der Waals surface area contributed by atoms with Gasteiger partial charge in [0.25, 0.3) is 0 Å². The van der Waals surface area contributed by atoms with Crippen LogP contribution in [0.3, 0.4) is 0 Å². The van der Waals surface area contributed by atoms with Crippen LogP contribution in [-0.4, -0.2) is 70.0 Å². The molecule has 0 spiro atoms. The molecular formula is C15H30F3IN4O. The van der Waals surface area contributed by atoms with Crippen molar-refractivity contribution in [2.45, 2.75) is 32.4 Å². The second-order valence-electron chi connectivity index (χ2n) is 5.79. The molecule has 5 nitrogen and oxygen atoms in total. The number of methoxy groups -OCH3 is 1. The number of hydrogen-bond acceptors (Lipinski definition) is 3. The number of piperidine rings is 1. The summed E-state index contributed by atoms with van der Waals surface area (Å²) in [6, 6.07) is 0. The van der Waals surface area contributed by atoms with Gasteiger partial charge in [-0.25, -0.2) is 0 Å². The first kappa shape index (κ1) is 23.7. The van der Waals surface area contributed by atoms with Crippen LogP contribution in [0.5, 0.6) is 0 Å². The second kappa shape index (κ2) is 13.0. The van der Waals surface area contributed by atoms with E-state index < -0.39 is 12.6 Å². The van der Waals surface area contributed by atoms with Gasteiger partial charge in [-0.15, -0.1) is 24.0 Å². The van der Waals surface area contributed by atoms with Gasteiger partial charge in [0, 0.05) is 33.3 Å².